The maximum absolute atomic E-state index is 9.22. The Bertz CT molecular complexity index is 297. The molecule has 2 rings (SSSR count). The Morgan fingerprint density at radius 3 is 2.43 bits per heavy atom. The van der Waals surface area contributed by atoms with Gasteiger partial charge < -0.3 is 9.84 Å². The van der Waals surface area contributed by atoms with Gasteiger partial charge in [-0.25, -0.2) is 0 Å². The molecule has 1 saturated carbocycles. The van der Waals surface area contributed by atoms with Crippen LogP contribution in [0.15, 0.2) is 30.3 Å². The van der Waals surface area contributed by atoms with Crippen molar-refractivity contribution in [2.45, 2.75) is 18.4 Å². The van der Waals surface area contributed by atoms with E-state index in [1.165, 1.54) is 5.56 Å². The van der Waals surface area contributed by atoms with Crippen LogP contribution in [0.2, 0.25) is 0 Å². The van der Waals surface area contributed by atoms with Crippen molar-refractivity contribution in [1.29, 1.82) is 0 Å². The number of aliphatic hydroxyl groups is 1. The van der Waals surface area contributed by atoms with Crippen molar-refractivity contribution in [3.8, 4) is 0 Å². The van der Waals surface area contributed by atoms with E-state index >= 15 is 0 Å². The second-order valence-corrected chi connectivity index (χ2v) is 4.09. The molecule has 1 aliphatic carbocycles. The third-order valence-corrected chi connectivity index (χ3v) is 3.46. The van der Waals surface area contributed by atoms with Gasteiger partial charge in [-0.15, -0.1) is 0 Å². The second-order valence-electron chi connectivity index (χ2n) is 4.09. The highest BCUT2D eigenvalue weighted by Crippen LogP contribution is 2.55. The quantitative estimate of drug-likeness (QED) is 0.788. The summed E-state index contributed by atoms with van der Waals surface area (Å²) in [6.45, 7) is 2.35. The second kappa shape index (κ2) is 3.37. The van der Waals surface area contributed by atoms with Crippen LogP contribution in [-0.4, -0.2) is 24.9 Å². The smallest absolute Gasteiger partial charge is 0.0729 e. The molecule has 1 N–H and O–H groups in total. The summed E-state index contributed by atoms with van der Waals surface area (Å²) < 4.78 is 5.37. The molecule has 0 radical (unpaired) electrons. The molecule has 0 amide bonds. The van der Waals surface area contributed by atoms with Gasteiger partial charge in [0, 0.05) is 25.0 Å². The van der Waals surface area contributed by atoms with Crippen molar-refractivity contribution in [3.05, 3.63) is 35.9 Å². The lowest BCUT2D eigenvalue weighted by atomic mass is 9.95. The van der Waals surface area contributed by atoms with E-state index in [1.54, 1.807) is 7.11 Å². The Morgan fingerprint density at radius 2 is 2.00 bits per heavy atom. The summed E-state index contributed by atoms with van der Waals surface area (Å²) in [6, 6.07) is 10.3. The third kappa shape index (κ3) is 1.18. The number of rotatable bonds is 3. The fourth-order valence-electron chi connectivity index (χ4n) is 2.43. The average Bonchev–Trinajstić information content (AvgIpc) is 2.85. The minimum atomic E-state index is 0.00472. The predicted molar refractivity (Wildman–Crippen MR) is 55.2 cm³/mol. The molecule has 0 unspecified atom stereocenters. The predicted octanol–water partition coefficient (Wildman–Crippen LogP) is 1.58. The molecule has 0 aromatic heterocycles. The molecular weight excluding hydrogens is 176 g/mol. The first-order chi connectivity index (χ1) is 6.75. The van der Waals surface area contributed by atoms with Gasteiger partial charge in [-0.3, -0.25) is 0 Å². The molecule has 14 heavy (non-hydrogen) atoms. The minimum Gasteiger partial charge on any atom is -0.396 e. The van der Waals surface area contributed by atoms with Gasteiger partial charge in [-0.05, 0) is 5.56 Å². The van der Waals surface area contributed by atoms with Gasteiger partial charge in [0.2, 0.25) is 0 Å². The molecule has 3 atom stereocenters. The average molecular weight is 192 g/mol. The zero-order valence-corrected chi connectivity index (χ0v) is 8.60. The highest BCUT2D eigenvalue weighted by molar-refractivity contribution is 5.36. The van der Waals surface area contributed by atoms with Gasteiger partial charge in [0.05, 0.1) is 6.10 Å². The van der Waals surface area contributed by atoms with Crippen LogP contribution >= 0.6 is 0 Å². The summed E-state index contributed by atoms with van der Waals surface area (Å²) >= 11 is 0. The van der Waals surface area contributed by atoms with E-state index in [9.17, 15) is 5.11 Å². The summed E-state index contributed by atoms with van der Waals surface area (Å²) in [5, 5.41) is 9.22. The molecule has 1 aliphatic rings. The number of ether oxygens (including phenoxy) is 1. The number of hydrogen-bond acceptors (Lipinski definition) is 2. The lowest BCUT2D eigenvalue weighted by Crippen LogP contribution is -2.09. The van der Waals surface area contributed by atoms with Crippen LogP contribution in [0.3, 0.4) is 0 Å². The molecule has 76 valence electrons. The molecule has 1 aromatic rings. The van der Waals surface area contributed by atoms with Crippen LogP contribution in [-0.2, 0) is 10.2 Å². The van der Waals surface area contributed by atoms with Crippen LogP contribution in [0.4, 0.5) is 0 Å². The van der Waals surface area contributed by atoms with E-state index in [0.29, 0.717) is 0 Å². The summed E-state index contributed by atoms with van der Waals surface area (Å²) in [6.07, 6.45) is 0.162. The molecule has 1 fully saturated rings. The standard InChI is InChI=1S/C12H16O2/c1-12(9-6-4-3-5-7-9)10(8-13)11(12)14-2/h3-7,10-11,13H,8H2,1-2H3/t10-,11+,12-/m1/s1. The highest BCUT2D eigenvalue weighted by atomic mass is 16.5. The molecule has 2 nitrogen and oxygen atoms in total. The van der Waals surface area contributed by atoms with Crippen LogP contribution in [0, 0.1) is 5.92 Å². The third-order valence-electron chi connectivity index (χ3n) is 3.46. The first kappa shape index (κ1) is 9.69. The lowest BCUT2D eigenvalue weighted by Gasteiger charge is -2.10. The van der Waals surface area contributed by atoms with E-state index in [0.717, 1.165) is 0 Å². The largest absolute Gasteiger partial charge is 0.396 e. The molecule has 0 spiro atoms. The summed E-state index contributed by atoms with van der Waals surface area (Å²) in [7, 11) is 1.71. The number of aliphatic hydroxyl groups excluding tert-OH is 1. The number of hydrogen-bond donors (Lipinski definition) is 1. The van der Waals surface area contributed by atoms with E-state index < -0.39 is 0 Å². The molecule has 0 heterocycles. The van der Waals surface area contributed by atoms with Crippen LogP contribution in [0.1, 0.15) is 12.5 Å². The van der Waals surface area contributed by atoms with Crippen molar-refractivity contribution in [1.82, 2.24) is 0 Å². The zero-order chi connectivity index (χ0) is 10.2. The molecule has 1 aromatic carbocycles. The molecular formula is C12H16O2. The highest BCUT2D eigenvalue weighted by Gasteiger charge is 2.62. The van der Waals surface area contributed by atoms with Crippen molar-refractivity contribution in [3.63, 3.8) is 0 Å². The van der Waals surface area contributed by atoms with Crippen molar-refractivity contribution >= 4 is 0 Å². The number of methoxy groups -OCH3 is 1. The van der Waals surface area contributed by atoms with Crippen molar-refractivity contribution < 1.29 is 9.84 Å². The minimum absolute atomic E-state index is 0.00472. The maximum atomic E-state index is 9.22. The number of benzene rings is 1. The van der Waals surface area contributed by atoms with Crippen molar-refractivity contribution in [2.24, 2.45) is 5.92 Å². The molecule has 0 saturated heterocycles. The van der Waals surface area contributed by atoms with Crippen molar-refractivity contribution in [2.75, 3.05) is 13.7 Å². The molecule has 2 heteroatoms. The fraction of sp³-hybridized carbons (Fsp3) is 0.500. The summed E-state index contributed by atoms with van der Waals surface area (Å²) in [5.41, 5.74) is 1.26. The van der Waals surface area contributed by atoms with E-state index in [1.807, 2.05) is 18.2 Å². The van der Waals surface area contributed by atoms with Crippen LogP contribution < -0.4 is 0 Å². The zero-order valence-electron chi connectivity index (χ0n) is 8.60. The van der Waals surface area contributed by atoms with Crippen LogP contribution in [0.25, 0.3) is 0 Å². The monoisotopic (exact) mass is 192 g/mol. The lowest BCUT2D eigenvalue weighted by molar-refractivity contribution is 0.144. The van der Waals surface area contributed by atoms with Crippen LogP contribution in [0.5, 0.6) is 0 Å². The fourth-order valence-corrected chi connectivity index (χ4v) is 2.43. The molecule has 0 bridgehead atoms. The van der Waals surface area contributed by atoms with Gasteiger partial charge in [0.1, 0.15) is 0 Å². The Balaban J connectivity index is 2.27. The van der Waals surface area contributed by atoms with Gasteiger partial charge in [-0.1, -0.05) is 37.3 Å². The van der Waals surface area contributed by atoms with E-state index in [4.69, 9.17) is 4.74 Å². The summed E-state index contributed by atoms with van der Waals surface area (Å²) in [4.78, 5) is 0. The maximum Gasteiger partial charge on any atom is 0.0729 e. The van der Waals surface area contributed by atoms with Gasteiger partial charge in [0.25, 0.3) is 0 Å². The Hall–Kier alpha value is -0.860. The Kier molecular flexibility index (Phi) is 2.33. The van der Waals surface area contributed by atoms with Gasteiger partial charge >= 0.3 is 0 Å². The first-order valence-corrected chi connectivity index (χ1v) is 4.94. The topological polar surface area (TPSA) is 29.5 Å². The van der Waals surface area contributed by atoms with E-state index in [2.05, 4.69) is 19.1 Å². The Morgan fingerprint density at radius 1 is 1.36 bits per heavy atom. The SMILES string of the molecule is CO[C@H]1[C@@H](CO)[C@@]1(C)c1ccccc1. The molecule has 0 aliphatic heterocycles. The normalized spacial score (nSPS) is 35.6. The first-order valence-electron chi connectivity index (χ1n) is 4.94. The Labute approximate surface area is 84.5 Å². The van der Waals surface area contributed by atoms with Gasteiger partial charge in [0.15, 0.2) is 0 Å². The summed E-state index contributed by atoms with van der Waals surface area (Å²) in [5.74, 6) is 0.245. The van der Waals surface area contributed by atoms with E-state index in [-0.39, 0.29) is 24.0 Å². The van der Waals surface area contributed by atoms with Gasteiger partial charge in [-0.2, -0.15) is 0 Å².